The number of aldehydes is 1. The summed E-state index contributed by atoms with van der Waals surface area (Å²) in [6, 6.07) is 0. The third-order valence-electron chi connectivity index (χ3n) is 2.11. The van der Waals surface area contributed by atoms with Crippen molar-refractivity contribution in [1.82, 2.24) is 0 Å². The number of carbonyl (C=O) groups is 1. The molecule has 1 aliphatic carbocycles. The molecule has 0 aliphatic heterocycles. The Morgan fingerprint density at radius 3 is 2.64 bits per heavy atom. The monoisotopic (exact) mass is 156 g/mol. The van der Waals surface area contributed by atoms with Crippen molar-refractivity contribution in [2.24, 2.45) is 5.92 Å². The van der Waals surface area contributed by atoms with Gasteiger partial charge in [0.15, 0.2) is 6.29 Å². The van der Waals surface area contributed by atoms with Crippen LogP contribution in [0.1, 0.15) is 33.1 Å². The molecule has 1 rings (SSSR count). The Kier molecular flexibility index (Phi) is 2.66. The summed E-state index contributed by atoms with van der Waals surface area (Å²) in [4.78, 5) is 10.7. The fourth-order valence-corrected chi connectivity index (χ4v) is 1.37. The van der Waals surface area contributed by atoms with Gasteiger partial charge in [-0.25, -0.2) is 0 Å². The summed E-state index contributed by atoms with van der Waals surface area (Å²) in [6.45, 7) is 4.43. The Bertz CT molecular complexity index is 140. The van der Waals surface area contributed by atoms with E-state index in [1.54, 1.807) is 0 Å². The molecule has 0 spiro atoms. The van der Waals surface area contributed by atoms with Gasteiger partial charge < -0.3 is 9.53 Å². The van der Waals surface area contributed by atoms with Crippen LogP contribution >= 0.6 is 0 Å². The fraction of sp³-hybridized carbons (Fsp3) is 0.889. The van der Waals surface area contributed by atoms with Crippen LogP contribution in [0.25, 0.3) is 0 Å². The molecule has 0 amide bonds. The molecule has 1 unspecified atom stereocenters. The zero-order valence-electron chi connectivity index (χ0n) is 7.30. The first-order chi connectivity index (χ1) is 5.20. The summed E-state index contributed by atoms with van der Waals surface area (Å²) in [7, 11) is 0. The molecule has 1 fully saturated rings. The van der Waals surface area contributed by atoms with Crippen LogP contribution in [0, 0.1) is 5.92 Å². The fourth-order valence-electron chi connectivity index (χ4n) is 1.37. The molecule has 0 radical (unpaired) electrons. The number of ether oxygens (including phenoxy) is 1. The highest BCUT2D eigenvalue weighted by molar-refractivity contribution is 5.61. The van der Waals surface area contributed by atoms with Gasteiger partial charge in [0.1, 0.15) is 5.60 Å². The Labute approximate surface area is 67.9 Å². The predicted octanol–water partition coefficient (Wildman–Crippen LogP) is 1.78. The molecule has 64 valence electrons. The Morgan fingerprint density at radius 1 is 1.64 bits per heavy atom. The van der Waals surface area contributed by atoms with Crippen LogP contribution in [0.3, 0.4) is 0 Å². The topological polar surface area (TPSA) is 26.3 Å². The third-order valence-corrected chi connectivity index (χ3v) is 2.11. The van der Waals surface area contributed by atoms with Gasteiger partial charge in [-0.05, 0) is 26.2 Å². The number of rotatable bonds is 5. The van der Waals surface area contributed by atoms with Crippen LogP contribution < -0.4 is 0 Å². The van der Waals surface area contributed by atoms with E-state index >= 15 is 0 Å². The van der Waals surface area contributed by atoms with Crippen molar-refractivity contribution in [3.8, 4) is 0 Å². The van der Waals surface area contributed by atoms with Crippen molar-refractivity contribution in [1.29, 1.82) is 0 Å². The minimum absolute atomic E-state index is 0.504. The van der Waals surface area contributed by atoms with Gasteiger partial charge in [0.2, 0.25) is 0 Å². The molecular formula is C9H16O2. The maximum absolute atomic E-state index is 10.7. The zero-order chi connectivity index (χ0) is 8.32. The van der Waals surface area contributed by atoms with E-state index < -0.39 is 5.60 Å². The molecule has 0 heterocycles. The average Bonchev–Trinajstić information content (AvgIpc) is 2.73. The van der Waals surface area contributed by atoms with E-state index in [9.17, 15) is 4.79 Å². The van der Waals surface area contributed by atoms with Crippen molar-refractivity contribution in [3.05, 3.63) is 0 Å². The van der Waals surface area contributed by atoms with E-state index in [0.717, 1.165) is 18.6 Å². The van der Waals surface area contributed by atoms with Gasteiger partial charge >= 0.3 is 0 Å². The molecule has 11 heavy (non-hydrogen) atoms. The molecule has 0 N–H and O–H groups in total. The molecule has 0 aromatic carbocycles. The summed E-state index contributed by atoms with van der Waals surface area (Å²) in [5.41, 5.74) is -0.504. The molecule has 2 heteroatoms. The van der Waals surface area contributed by atoms with Crippen LogP contribution in [0.4, 0.5) is 0 Å². The second-order valence-electron chi connectivity index (χ2n) is 3.51. The molecule has 1 aliphatic rings. The Hall–Kier alpha value is -0.370. The first-order valence-corrected chi connectivity index (χ1v) is 4.30. The smallest absolute Gasteiger partial charge is 0.151 e. The predicted molar refractivity (Wildman–Crippen MR) is 43.4 cm³/mol. The van der Waals surface area contributed by atoms with Gasteiger partial charge in [-0.15, -0.1) is 0 Å². The van der Waals surface area contributed by atoms with E-state index in [1.807, 2.05) is 13.8 Å². The second kappa shape index (κ2) is 3.35. The van der Waals surface area contributed by atoms with Gasteiger partial charge in [0.05, 0.1) is 0 Å². The first-order valence-electron chi connectivity index (χ1n) is 4.30. The molecular weight excluding hydrogens is 140 g/mol. The number of hydrogen-bond acceptors (Lipinski definition) is 2. The van der Waals surface area contributed by atoms with Gasteiger partial charge in [-0.2, -0.15) is 0 Å². The lowest BCUT2D eigenvalue weighted by Crippen LogP contribution is -2.31. The van der Waals surface area contributed by atoms with Crippen molar-refractivity contribution in [2.75, 3.05) is 6.61 Å². The maximum atomic E-state index is 10.7. The van der Waals surface area contributed by atoms with E-state index in [-0.39, 0.29) is 0 Å². The standard InChI is InChI=1S/C9H16O2/c1-3-11-9(2,7-10)6-8-4-5-8/h7-8H,3-6H2,1-2H3. The van der Waals surface area contributed by atoms with Crippen LogP contribution in [0.5, 0.6) is 0 Å². The van der Waals surface area contributed by atoms with Crippen LogP contribution in [0.2, 0.25) is 0 Å². The summed E-state index contributed by atoms with van der Waals surface area (Å²) < 4.78 is 5.36. The van der Waals surface area contributed by atoms with Crippen LogP contribution in [-0.4, -0.2) is 18.5 Å². The highest BCUT2D eigenvalue weighted by Gasteiger charge is 2.33. The maximum Gasteiger partial charge on any atom is 0.151 e. The number of hydrogen-bond donors (Lipinski definition) is 0. The van der Waals surface area contributed by atoms with E-state index in [2.05, 4.69) is 0 Å². The third kappa shape index (κ3) is 2.62. The van der Waals surface area contributed by atoms with Crippen molar-refractivity contribution < 1.29 is 9.53 Å². The average molecular weight is 156 g/mol. The SMILES string of the molecule is CCOC(C)(C=O)CC1CC1. The Balaban J connectivity index is 2.35. The molecule has 0 saturated heterocycles. The highest BCUT2D eigenvalue weighted by Crippen LogP contribution is 2.37. The zero-order valence-corrected chi connectivity index (χ0v) is 7.30. The van der Waals surface area contributed by atoms with Gasteiger partial charge in [-0.3, -0.25) is 0 Å². The largest absolute Gasteiger partial charge is 0.368 e. The molecule has 1 atom stereocenters. The van der Waals surface area contributed by atoms with E-state index in [4.69, 9.17) is 4.74 Å². The summed E-state index contributed by atoms with van der Waals surface area (Å²) in [5, 5.41) is 0. The summed E-state index contributed by atoms with van der Waals surface area (Å²) >= 11 is 0. The lowest BCUT2D eigenvalue weighted by molar-refractivity contribution is -0.129. The van der Waals surface area contributed by atoms with Crippen molar-refractivity contribution in [2.45, 2.75) is 38.7 Å². The van der Waals surface area contributed by atoms with Crippen molar-refractivity contribution in [3.63, 3.8) is 0 Å². The summed E-state index contributed by atoms with van der Waals surface area (Å²) in [5.74, 6) is 0.747. The van der Waals surface area contributed by atoms with Gasteiger partial charge in [0.25, 0.3) is 0 Å². The molecule has 0 bridgehead atoms. The van der Waals surface area contributed by atoms with Gasteiger partial charge in [-0.1, -0.05) is 12.8 Å². The quantitative estimate of drug-likeness (QED) is 0.567. The van der Waals surface area contributed by atoms with E-state index in [1.165, 1.54) is 12.8 Å². The second-order valence-corrected chi connectivity index (χ2v) is 3.51. The molecule has 0 aromatic heterocycles. The highest BCUT2D eigenvalue weighted by atomic mass is 16.5. The lowest BCUT2D eigenvalue weighted by atomic mass is 10.0. The molecule has 0 aromatic rings. The molecule has 1 saturated carbocycles. The Morgan fingerprint density at radius 2 is 2.27 bits per heavy atom. The minimum Gasteiger partial charge on any atom is -0.368 e. The van der Waals surface area contributed by atoms with Crippen LogP contribution in [0.15, 0.2) is 0 Å². The molecule has 2 nitrogen and oxygen atoms in total. The first kappa shape index (κ1) is 8.72. The normalized spacial score (nSPS) is 22.7. The van der Waals surface area contributed by atoms with E-state index in [0.29, 0.717) is 6.61 Å². The summed E-state index contributed by atoms with van der Waals surface area (Å²) in [6.07, 6.45) is 4.40. The number of carbonyl (C=O) groups excluding carboxylic acids is 1. The van der Waals surface area contributed by atoms with Crippen molar-refractivity contribution >= 4 is 6.29 Å². The minimum atomic E-state index is -0.504. The lowest BCUT2D eigenvalue weighted by Gasteiger charge is -2.22. The van der Waals surface area contributed by atoms with Crippen LogP contribution in [-0.2, 0) is 9.53 Å². The van der Waals surface area contributed by atoms with Gasteiger partial charge in [0, 0.05) is 6.61 Å².